The number of carbonyl (C=O) groups excluding carboxylic acids is 1. The van der Waals surface area contributed by atoms with E-state index in [2.05, 4.69) is 4.90 Å². The lowest BCUT2D eigenvalue weighted by Gasteiger charge is -2.41. The number of likely N-dealkylation sites (tertiary alicyclic amines) is 1. The molecule has 0 unspecified atom stereocenters. The first-order valence-corrected chi connectivity index (χ1v) is 9.01. The fourth-order valence-corrected chi connectivity index (χ4v) is 4.04. The molecule has 2 fully saturated rings. The van der Waals surface area contributed by atoms with E-state index in [1.165, 1.54) is 31.2 Å². The minimum atomic E-state index is -0.639. The first kappa shape index (κ1) is 16.5. The molecule has 1 aliphatic heterocycles. The summed E-state index contributed by atoms with van der Waals surface area (Å²) in [5.74, 6) is 1.63. The molecule has 1 aromatic carbocycles. The number of benzene rings is 1. The molecule has 1 saturated carbocycles. The molecule has 126 valence electrons. The first-order chi connectivity index (χ1) is 10.9. The third kappa shape index (κ3) is 4.35. The normalized spacial score (nSPS) is 24.6. The number of rotatable bonds is 4. The molecule has 0 radical (unpaired) electrons. The summed E-state index contributed by atoms with van der Waals surface area (Å²) in [6.45, 7) is 5.54. The van der Waals surface area contributed by atoms with E-state index in [1.54, 1.807) is 0 Å². The van der Waals surface area contributed by atoms with Crippen molar-refractivity contribution < 1.29 is 9.90 Å². The van der Waals surface area contributed by atoms with Gasteiger partial charge in [0.15, 0.2) is 0 Å². The Balaban J connectivity index is 1.61. The average molecular weight is 315 g/mol. The quantitative estimate of drug-likeness (QED) is 0.921. The van der Waals surface area contributed by atoms with Crippen LogP contribution < -0.4 is 0 Å². The van der Waals surface area contributed by atoms with Crippen molar-refractivity contribution >= 4 is 5.91 Å². The smallest absolute Gasteiger partial charge is 0.253 e. The van der Waals surface area contributed by atoms with Crippen molar-refractivity contribution in [1.29, 1.82) is 0 Å². The Hall–Kier alpha value is -1.35. The summed E-state index contributed by atoms with van der Waals surface area (Å²) in [6.07, 6.45) is 6.81. The Morgan fingerprint density at radius 1 is 1.17 bits per heavy atom. The third-order valence-corrected chi connectivity index (χ3v) is 5.36. The summed E-state index contributed by atoms with van der Waals surface area (Å²) in [4.78, 5) is 14.8. The van der Waals surface area contributed by atoms with Crippen LogP contribution in [0.2, 0.25) is 0 Å². The van der Waals surface area contributed by atoms with Crippen LogP contribution in [0.3, 0.4) is 0 Å². The zero-order valence-electron chi connectivity index (χ0n) is 14.4. The number of hydrogen-bond acceptors (Lipinski definition) is 2. The predicted octanol–water partition coefficient (Wildman–Crippen LogP) is 3.65. The van der Waals surface area contributed by atoms with Crippen molar-refractivity contribution in [3.63, 3.8) is 0 Å². The van der Waals surface area contributed by atoms with Gasteiger partial charge in [0.05, 0.1) is 5.60 Å². The topological polar surface area (TPSA) is 40.5 Å². The number of amides is 1. The molecule has 1 N–H and O–H groups in total. The molecule has 1 aliphatic carbocycles. The molecule has 1 saturated heterocycles. The second-order valence-electron chi connectivity index (χ2n) is 8.12. The van der Waals surface area contributed by atoms with Crippen LogP contribution in [0.1, 0.15) is 61.9 Å². The molecule has 1 heterocycles. The molecule has 23 heavy (non-hydrogen) atoms. The molecule has 2 atom stereocenters. The maximum atomic E-state index is 12.7. The molecule has 0 aromatic heterocycles. The summed E-state index contributed by atoms with van der Waals surface area (Å²) in [5, 5.41) is 9.81. The zero-order valence-corrected chi connectivity index (χ0v) is 14.4. The second-order valence-corrected chi connectivity index (χ2v) is 8.12. The standard InChI is InChI=1S/C20H29NO2/c1-20(2,23)11-10-15-6-8-18(9-7-15)19(22)21-13-16-4-3-5-17(12-16)14-21/h6-9,16-17,23H,3-5,10-14H2,1-2H3/t16-,17-/m0/s1. The summed E-state index contributed by atoms with van der Waals surface area (Å²) >= 11 is 0. The fourth-order valence-electron chi connectivity index (χ4n) is 4.04. The van der Waals surface area contributed by atoms with E-state index in [0.29, 0.717) is 0 Å². The highest BCUT2D eigenvalue weighted by molar-refractivity contribution is 5.94. The molecule has 3 heteroatoms. The number of aryl methyl sites for hydroxylation is 1. The molecule has 0 spiro atoms. The Morgan fingerprint density at radius 3 is 2.35 bits per heavy atom. The number of piperidine rings is 1. The van der Waals surface area contributed by atoms with Gasteiger partial charge in [-0.2, -0.15) is 0 Å². The maximum Gasteiger partial charge on any atom is 0.253 e. The minimum absolute atomic E-state index is 0.190. The monoisotopic (exact) mass is 315 g/mol. The number of carbonyl (C=O) groups is 1. The van der Waals surface area contributed by atoms with Gasteiger partial charge in [0.1, 0.15) is 0 Å². The van der Waals surface area contributed by atoms with Crippen molar-refractivity contribution in [3.05, 3.63) is 35.4 Å². The summed E-state index contributed by atoms with van der Waals surface area (Å²) in [5.41, 5.74) is 1.34. The summed E-state index contributed by atoms with van der Waals surface area (Å²) in [7, 11) is 0. The van der Waals surface area contributed by atoms with E-state index in [0.717, 1.165) is 43.3 Å². The van der Waals surface area contributed by atoms with Crippen LogP contribution >= 0.6 is 0 Å². The SMILES string of the molecule is CC(C)(O)CCc1ccc(C(=O)N2C[C@H]3CCC[C@@H](C3)C2)cc1. The van der Waals surface area contributed by atoms with Crippen LogP contribution in [0, 0.1) is 11.8 Å². The van der Waals surface area contributed by atoms with Gasteiger partial charge >= 0.3 is 0 Å². The van der Waals surface area contributed by atoms with Gasteiger partial charge in [0.25, 0.3) is 5.91 Å². The Labute approximate surface area is 139 Å². The van der Waals surface area contributed by atoms with Crippen LogP contribution in [0.4, 0.5) is 0 Å². The van der Waals surface area contributed by atoms with E-state index in [1.807, 2.05) is 38.1 Å². The average Bonchev–Trinajstić information content (AvgIpc) is 2.51. The largest absolute Gasteiger partial charge is 0.390 e. The van der Waals surface area contributed by atoms with Crippen molar-refractivity contribution in [3.8, 4) is 0 Å². The second kappa shape index (κ2) is 6.64. The van der Waals surface area contributed by atoms with Crippen molar-refractivity contribution in [2.45, 2.75) is 58.0 Å². The molecule has 1 aromatic rings. The van der Waals surface area contributed by atoms with Gasteiger partial charge in [-0.25, -0.2) is 0 Å². The summed E-state index contributed by atoms with van der Waals surface area (Å²) < 4.78 is 0. The van der Waals surface area contributed by atoms with Gasteiger partial charge in [-0.1, -0.05) is 18.6 Å². The van der Waals surface area contributed by atoms with Gasteiger partial charge < -0.3 is 10.0 Å². The molecule has 3 nitrogen and oxygen atoms in total. The van der Waals surface area contributed by atoms with Gasteiger partial charge in [0, 0.05) is 18.7 Å². The molecular formula is C20H29NO2. The lowest BCUT2D eigenvalue weighted by atomic mass is 9.78. The van der Waals surface area contributed by atoms with Crippen LogP contribution in [0.15, 0.2) is 24.3 Å². The minimum Gasteiger partial charge on any atom is -0.390 e. The molecule has 1 amide bonds. The number of hydrogen-bond donors (Lipinski definition) is 1. The third-order valence-electron chi connectivity index (χ3n) is 5.36. The van der Waals surface area contributed by atoms with Crippen molar-refractivity contribution in [2.75, 3.05) is 13.1 Å². The van der Waals surface area contributed by atoms with Crippen LogP contribution in [0.5, 0.6) is 0 Å². The van der Waals surface area contributed by atoms with E-state index in [9.17, 15) is 9.90 Å². The van der Waals surface area contributed by atoms with E-state index in [4.69, 9.17) is 0 Å². The molecular weight excluding hydrogens is 286 g/mol. The molecule has 2 aliphatic rings. The zero-order chi connectivity index (χ0) is 16.4. The highest BCUT2D eigenvalue weighted by atomic mass is 16.3. The molecule has 2 bridgehead atoms. The summed E-state index contributed by atoms with van der Waals surface area (Å²) in [6, 6.07) is 7.96. The van der Waals surface area contributed by atoms with Crippen LogP contribution in [0.25, 0.3) is 0 Å². The Morgan fingerprint density at radius 2 is 1.78 bits per heavy atom. The maximum absolute atomic E-state index is 12.7. The van der Waals surface area contributed by atoms with Gasteiger partial charge in [-0.3, -0.25) is 4.79 Å². The number of fused-ring (bicyclic) bond motifs is 2. The first-order valence-electron chi connectivity index (χ1n) is 9.01. The van der Waals surface area contributed by atoms with Crippen molar-refractivity contribution in [1.82, 2.24) is 4.90 Å². The lowest BCUT2D eigenvalue weighted by molar-refractivity contribution is 0.0504. The van der Waals surface area contributed by atoms with Crippen molar-refractivity contribution in [2.24, 2.45) is 11.8 Å². The van der Waals surface area contributed by atoms with E-state index < -0.39 is 5.60 Å². The van der Waals surface area contributed by atoms with E-state index in [-0.39, 0.29) is 5.91 Å². The van der Waals surface area contributed by atoms with Crippen LogP contribution in [-0.4, -0.2) is 34.6 Å². The number of nitrogens with zero attached hydrogens (tertiary/aromatic N) is 1. The van der Waals surface area contributed by atoms with E-state index >= 15 is 0 Å². The fraction of sp³-hybridized carbons (Fsp3) is 0.650. The Bertz CT molecular complexity index is 532. The van der Waals surface area contributed by atoms with Gasteiger partial charge in [-0.05, 0) is 75.5 Å². The van der Waals surface area contributed by atoms with Gasteiger partial charge in [-0.15, -0.1) is 0 Å². The predicted molar refractivity (Wildman–Crippen MR) is 92.4 cm³/mol. The Kier molecular flexibility index (Phi) is 4.77. The molecule has 3 rings (SSSR count). The highest BCUT2D eigenvalue weighted by Crippen LogP contribution is 2.34. The van der Waals surface area contributed by atoms with Gasteiger partial charge in [0.2, 0.25) is 0 Å². The number of aliphatic hydroxyl groups is 1. The van der Waals surface area contributed by atoms with Crippen LogP contribution in [-0.2, 0) is 6.42 Å². The lowest BCUT2D eigenvalue weighted by Crippen LogP contribution is -2.45. The highest BCUT2D eigenvalue weighted by Gasteiger charge is 2.32.